The Balaban J connectivity index is 1.95. The van der Waals surface area contributed by atoms with Gasteiger partial charge < -0.3 is 19.3 Å². The van der Waals surface area contributed by atoms with Crippen LogP contribution in [0.25, 0.3) is 0 Å². The van der Waals surface area contributed by atoms with Crippen molar-refractivity contribution in [2.45, 2.75) is 96.4 Å². The normalized spacial score (nSPS) is 19.3. The van der Waals surface area contributed by atoms with Crippen molar-refractivity contribution in [1.82, 2.24) is 0 Å². The van der Waals surface area contributed by atoms with Crippen LogP contribution >= 0.6 is 0 Å². The van der Waals surface area contributed by atoms with Gasteiger partial charge in [-0.2, -0.15) is 0 Å². The fourth-order valence-corrected chi connectivity index (χ4v) is 3.11. The first-order valence-corrected chi connectivity index (χ1v) is 11.6. The molecule has 1 N–H and O–H groups in total. The van der Waals surface area contributed by atoms with Crippen molar-refractivity contribution in [3.63, 3.8) is 0 Å². The molecule has 0 aromatic heterocycles. The summed E-state index contributed by atoms with van der Waals surface area (Å²) in [4.78, 5) is 22.5. The lowest BCUT2D eigenvalue weighted by molar-refractivity contribution is -0.159. The summed E-state index contributed by atoms with van der Waals surface area (Å²) in [6.45, 7) is 2.99. The van der Waals surface area contributed by atoms with Crippen molar-refractivity contribution in [3.8, 4) is 0 Å². The number of aliphatic hydroxyl groups is 1. The number of carbonyl (C=O) groups excluding carboxylic acids is 2. The molecule has 1 heterocycles. The number of rotatable bonds is 18. The minimum absolute atomic E-state index is 0.114. The molecule has 0 aromatic rings. The predicted molar refractivity (Wildman–Crippen MR) is 122 cm³/mol. The first kappa shape index (κ1) is 27.1. The van der Waals surface area contributed by atoms with Crippen LogP contribution in [0.5, 0.6) is 0 Å². The molecular weight excluding hydrogens is 396 g/mol. The molecule has 6 heteroatoms. The first-order chi connectivity index (χ1) is 15.1. The minimum atomic E-state index is -0.794. The second kappa shape index (κ2) is 17.7. The van der Waals surface area contributed by atoms with E-state index in [9.17, 15) is 9.59 Å². The van der Waals surface area contributed by atoms with Crippen LogP contribution in [0.1, 0.15) is 78.1 Å². The van der Waals surface area contributed by atoms with Crippen LogP contribution in [0.15, 0.2) is 36.5 Å². The van der Waals surface area contributed by atoms with Crippen molar-refractivity contribution in [3.05, 3.63) is 36.5 Å². The van der Waals surface area contributed by atoms with Gasteiger partial charge in [-0.05, 0) is 38.5 Å². The average Bonchev–Trinajstić information content (AvgIpc) is 3.49. The van der Waals surface area contributed by atoms with Gasteiger partial charge in [0.1, 0.15) is 6.61 Å². The van der Waals surface area contributed by atoms with Gasteiger partial charge in [0.2, 0.25) is 0 Å². The van der Waals surface area contributed by atoms with Gasteiger partial charge in [-0.25, -0.2) is 0 Å². The molecule has 1 fully saturated rings. The molecule has 0 aromatic carbocycles. The van der Waals surface area contributed by atoms with E-state index in [1.807, 2.05) is 0 Å². The quantitative estimate of drug-likeness (QED) is 0.144. The lowest BCUT2D eigenvalue weighted by atomic mass is 10.1. The molecular formula is C25H40O6. The smallest absolute Gasteiger partial charge is 0.305 e. The van der Waals surface area contributed by atoms with E-state index in [2.05, 4.69) is 43.4 Å². The van der Waals surface area contributed by atoms with Crippen molar-refractivity contribution < 1.29 is 28.9 Å². The Morgan fingerprint density at radius 3 is 2.39 bits per heavy atom. The van der Waals surface area contributed by atoms with E-state index < -0.39 is 12.1 Å². The molecule has 1 aliphatic heterocycles. The number of aliphatic hydroxyl groups excluding tert-OH is 1. The Kier molecular flexibility index (Phi) is 15.5. The molecule has 0 saturated carbocycles. The Labute approximate surface area is 187 Å². The number of ether oxygens (including phenoxy) is 3. The highest BCUT2D eigenvalue weighted by molar-refractivity contribution is 5.69. The minimum Gasteiger partial charge on any atom is -0.462 e. The second-order valence-corrected chi connectivity index (χ2v) is 7.82. The monoisotopic (exact) mass is 436 g/mol. The largest absolute Gasteiger partial charge is 0.462 e. The van der Waals surface area contributed by atoms with Crippen LogP contribution < -0.4 is 0 Å². The van der Waals surface area contributed by atoms with Gasteiger partial charge in [0.05, 0.1) is 18.8 Å². The molecule has 6 nitrogen and oxygen atoms in total. The number of epoxide rings is 1. The van der Waals surface area contributed by atoms with Crippen molar-refractivity contribution in [2.75, 3.05) is 13.2 Å². The number of hydrogen-bond donors (Lipinski definition) is 1. The fourth-order valence-electron chi connectivity index (χ4n) is 3.11. The molecule has 176 valence electrons. The molecule has 1 rings (SSSR count). The van der Waals surface area contributed by atoms with Crippen LogP contribution in [0, 0.1) is 0 Å². The molecule has 1 aliphatic rings. The van der Waals surface area contributed by atoms with E-state index in [0.29, 0.717) is 25.0 Å². The van der Waals surface area contributed by atoms with Gasteiger partial charge in [0, 0.05) is 13.3 Å². The summed E-state index contributed by atoms with van der Waals surface area (Å²) in [7, 11) is 0. The molecule has 0 bridgehead atoms. The summed E-state index contributed by atoms with van der Waals surface area (Å²) in [6.07, 6.45) is 22.7. The van der Waals surface area contributed by atoms with Gasteiger partial charge in [-0.15, -0.1) is 0 Å². The Bertz CT molecular complexity index is 581. The highest BCUT2D eigenvalue weighted by atomic mass is 16.6. The SMILES string of the molecule is CCCCCC1OC1C/C=C\C/C=C\C/C=C\CCCC(=O)OC[C@H](CO)OC(C)=O. The summed E-state index contributed by atoms with van der Waals surface area (Å²) in [6, 6.07) is 0. The maximum Gasteiger partial charge on any atom is 0.305 e. The third-order valence-corrected chi connectivity index (χ3v) is 4.91. The van der Waals surface area contributed by atoms with E-state index in [0.717, 1.165) is 25.7 Å². The predicted octanol–water partition coefficient (Wildman–Crippen LogP) is 4.81. The Morgan fingerprint density at radius 1 is 1.00 bits per heavy atom. The number of esters is 2. The summed E-state index contributed by atoms with van der Waals surface area (Å²) in [5.74, 6) is -0.862. The zero-order valence-corrected chi connectivity index (χ0v) is 19.2. The number of unbranched alkanes of at least 4 members (excludes halogenated alkanes) is 3. The van der Waals surface area contributed by atoms with Gasteiger partial charge in [0.15, 0.2) is 6.10 Å². The van der Waals surface area contributed by atoms with E-state index >= 15 is 0 Å². The number of hydrogen-bond acceptors (Lipinski definition) is 6. The van der Waals surface area contributed by atoms with Crippen LogP contribution in [0.4, 0.5) is 0 Å². The van der Waals surface area contributed by atoms with Crippen LogP contribution in [0.2, 0.25) is 0 Å². The summed E-state index contributed by atoms with van der Waals surface area (Å²) in [5, 5.41) is 9.04. The van der Waals surface area contributed by atoms with Crippen molar-refractivity contribution >= 4 is 11.9 Å². The van der Waals surface area contributed by atoms with E-state index in [1.54, 1.807) is 0 Å². The maximum absolute atomic E-state index is 11.6. The zero-order chi connectivity index (χ0) is 22.7. The van der Waals surface area contributed by atoms with Gasteiger partial charge in [-0.3, -0.25) is 9.59 Å². The number of carbonyl (C=O) groups is 2. The van der Waals surface area contributed by atoms with E-state index in [1.165, 1.54) is 32.6 Å². The maximum atomic E-state index is 11.6. The molecule has 0 radical (unpaired) electrons. The van der Waals surface area contributed by atoms with Crippen LogP contribution in [-0.4, -0.2) is 48.6 Å². The topological polar surface area (TPSA) is 85.4 Å². The summed E-state index contributed by atoms with van der Waals surface area (Å²) >= 11 is 0. The van der Waals surface area contributed by atoms with Crippen molar-refractivity contribution in [2.24, 2.45) is 0 Å². The Morgan fingerprint density at radius 2 is 1.71 bits per heavy atom. The third-order valence-electron chi connectivity index (χ3n) is 4.91. The highest BCUT2D eigenvalue weighted by Crippen LogP contribution is 2.30. The van der Waals surface area contributed by atoms with E-state index in [-0.39, 0.29) is 19.2 Å². The highest BCUT2D eigenvalue weighted by Gasteiger charge is 2.36. The lowest BCUT2D eigenvalue weighted by Gasteiger charge is -2.14. The molecule has 2 unspecified atom stereocenters. The summed E-state index contributed by atoms with van der Waals surface area (Å²) in [5.41, 5.74) is 0. The molecule has 1 saturated heterocycles. The molecule has 0 aliphatic carbocycles. The average molecular weight is 437 g/mol. The van der Waals surface area contributed by atoms with Gasteiger partial charge in [0.25, 0.3) is 0 Å². The van der Waals surface area contributed by atoms with Gasteiger partial charge in [-0.1, -0.05) is 62.6 Å². The zero-order valence-electron chi connectivity index (χ0n) is 19.2. The molecule has 31 heavy (non-hydrogen) atoms. The molecule has 0 amide bonds. The third kappa shape index (κ3) is 15.5. The van der Waals surface area contributed by atoms with Crippen LogP contribution in [-0.2, 0) is 23.8 Å². The summed E-state index contributed by atoms with van der Waals surface area (Å²) < 4.78 is 15.5. The second-order valence-electron chi connectivity index (χ2n) is 7.82. The molecule has 3 atom stereocenters. The number of allylic oxidation sites excluding steroid dienone is 5. The van der Waals surface area contributed by atoms with Gasteiger partial charge >= 0.3 is 11.9 Å². The fraction of sp³-hybridized carbons (Fsp3) is 0.680. The van der Waals surface area contributed by atoms with Crippen molar-refractivity contribution in [1.29, 1.82) is 0 Å². The standard InChI is InChI=1S/C25H40O6/c1-3-4-13-16-23-24(31-23)17-14-11-9-7-5-6-8-10-12-15-18-25(28)29-20-22(19-26)30-21(2)27/h5,7-8,10-11,14,22-24,26H,3-4,6,9,12-13,15-20H2,1-2H3/b7-5-,10-8-,14-11-/t22-,23?,24?/m0/s1. The van der Waals surface area contributed by atoms with Crippen LogP contribution in [0.3, 0.4) is 0 Å². The van der Waals surface area contributed by atoms with E-state index in [4.69, 9.17) is 19.3 Å². The Hall–Kier alpha value is -1.92. The first-order valence-electron chi connectivity index (χ1n) is 11.6. The lowest BCUT2D eigenvalue weighted by Crippen LogP contribution is -2.27. The molecule has 0 spiro atoms.